The van der Waals surface area contributed by atoms with Crippen molar-refractivity contribution in [1.29, 1.82) is 0 Å². The zero-order valence-corrected chi connectivity index (χ0v) is 21.0. The number of aliphatic imine (C=N–C) groups is 1. The van der Waals surface area contributed by atoms with E-state index in [0.29, 0.717) is 18.4 Å². The highest BCUT2D eigenvalue weighted by Gasteiger charge is 2.42. The van der Waals surface area contributed by atoms with Crippen LogP contribution in [0.15, 0.2) is 45.6 Å². The van der Waals surface area contributed by atoms with Gasteiger partial charge in [0.2, 0.25) is 5.91 Å². The minimum Gasteiger partial charge on any atom is -0.466 e. The van der Waals surface area contributed by atoms with Crippen LogP contribution in [0.2, 0.25) is 0 Å². The van der Waals surface area contributed by atoms with Gasteiger partial charge in [-0.1, -0.05) is 42.4 Å². The summed E-state index contributed by atoms with van der Waals surface area (Å²) in [6.07, 6.45) is 4.21. The molecule has 0 saturated carbocycles. The van der Waals surface area contributed by atoms with Gasteiger partial charge >= 0.3 is 5.97 Å². The molecule has 1 fully saturated rings. The third-order valence-corrected chi connectivity index (χ3v) is 7.69. The van der Waals surface area contributed by atoms with Gasteiger partial charge in [-0.2, -0.15) is 0 Å². The van der Waals surface area contributed by atoms with Crippen molar-refractivity contribution in [3.05, 3.63) is 57.3 Å². The number of thioether (sulfide) groups is 1. The number of ether oxygens (including phenoxy) is 1. The van der Waals surface area contributed by atoms with E-state index in [1.165, 1.54) is 30.9 Å². The number of rotatable bonds is 5. The molecule has 0 N–H and O–H groups in total. The van der Waals surface area contributed by atoms with Crippen LogP contribution in [0.25, 0.3) is 0 Å². The molecular weight excluding hydrogens is 434 g/mol. The summed E-state index contributed by atoms with van der Waals surface area (Å²) in [4.78, 5) is 35.2. The maximum atomic E-state index is 13.3. The lowest BCUT2D eigenvalue weighted by molar-refractivity contribution is -0.136. The molecular formula is C26H33N3O3S. The highest BCUT2D eigenvalue weighted by Crippen LogP contribution is 2.46. The Morgan fingerprint density at radius 3 is 2.70 bits per heavy atom. The van der Waals surface area contributed by atoms with Crippen molar-refractivity contribution in [2.24, 2.45) is 4.99 Å². The molecule has 4 rings (SSSR count). The summed E-state index contributed by atoms with van der Waals surface area (Å²) < 4.78 is 5.22. The molecule has 0 aromatic heterocycles. The van der Waals surface area contributed by atoms with Crippen LogP contribution in [0.4, 0.5) is 0 Å². The monoisotopic (exact) mass is 467 g/mol. The molecule has 33 heavy (non-hydrogen) atoms. The summed E-state index contributed by atoms with van der Waals surface area (Å²) in [7, 11) is 1.41. The third kappa shape index (κ3) is 4.47. The van der Waals surface area contributed by atoms with E-state index in [1.807, 2.05) is 17.2 Å². The maximum absolute atomic E-state index is 13.3. The number of amidine groups is 1. The molecule has 0 radical (unpaired) electrons. The van der Waals surface area contributed by atoms with Crippen molar-refractivity contribution in [1.82, 2.24) is 9.80 Å². The van der Waals surface area contributed by atoms with Gasteiger partial charge < -0.3 is 14.5 Å². The summed E-state index contributed by atoms with van der Waals surface area (Å²) in [6.45, 7) is 9.09. The predicted octanol–water partition coefficient (Wildman–Crippen LogP) is 5.23. The molecule has 0 bridgehead atoms. The highest BCUT2D eigenvalue weighted by atomic mass is 32.2. The fourth-order valence-corrected chi connectivity index (χ4v) is 6.00. The van der Waals surface area contributed by atoms with Crippen LogP contribution in [0.5, 0.6) is 0 Å². The first-order valence-electron chi connectivity index (χ1n) is 11.8. The molecule has 7 heteroatoms. The molecule has 176 valence electrons. The van der Waals surface area contributed by atoms with Crippen molar-refractivity contribution in [3.8, 4) is 0 Å². The zero-order chi connectivity index (χ0) is 23.7. The SMILES string of the molecule is CCC1=C(C(=O)OC)C(c2ccc(C)cc2C)N2C(CC(=O)N3CCCCC3C)=CSC2=N1. The van der Waals surface area contributed by atoms with E-state index in [2.05, 4.69) is 43.9 Å². The van der Waals surface area contributed by atoms with E-state index in [1.54, 1.807) is 0 Å². The number of hydrogen-bond acceptors (Lipinski definition) is 6. The summed E-state index contributed by atoms with van der Waals surface area (Å²) in [5.41, 5.74) is 5.50. The summed E-state index contributed by atoms with van der Waals surface area (Å²) >= 11 is 1.53. The number of fused-ring (bicyclic) bond motifs is 1. The molecule has 1 aromatic rings. The van der Waals surface area contributed by atoms with Crippen LogP contribution >= 0.6 is 11.8 Å². The van der Waals surface area contributed by atoms with Crippen LogP contribution in [-0.4, -0.2) is 46.5 Å². The molecule has 3 heterocycles. The van der Waals surface area contributed by atoms with Crippen LogP contribution in [0.3, 0.4) is 0 Å². The summed E-state index contributed by atoms with van der Waals surface area (Å²) in [5, 5.41) is 2.84. The number of likely N-dealkylation sites (tertiary alicyclic amines) is 1. The van der Waals surface area contributed by atoms with E-state index in [-0.39, 0.29) is 24.0 Å². The van der Waals surface area contributed by atoms with Gasteiger partial charge in [-0.25, -0.2) is 9.79 Å². The molecule has 1 amide bonds. The number of carbonyl (C=O) groups excluding carboxylic acids is 2. The van der Waals surface area contributed by atoms with Crippen LogP contribution in [0, 0.1) is 13.8 Å². The average Bonchev–Trinajstić information content (AvgIpc) is 3.20. The Labute approximate surface area is 200 Å². The first-order valence-corrected chi connectivity index (χ1v) is 12.6. The van der Waals surface area contributed by atoms with E-state index in [4.69, 9.17) is 9.73 Å². The Morgan fingerprint density at radius 2 is 2.03 bits per heavy atom. The van der Waals surface area contributed by atoms with E-state index < -0.39 is 0 Å². The zero-order valence-electron chi connectivity index (χ0n) is 20.2. The molecule has 1 aromatic carbocycles. The van der Waals surface area contributed by atoms with Crippen LogP contribution in [0.1, 0.15) is 68.7 Å². The normalized spacial score (nSPS) is 22.7. The number of amides is 1. The van der Waals surface area contributed by atoms with E-state index in [0.717, 1.165) is 47.1 Å². The molecule has 3 aliphatic heterocycles. The number of esters is 1. The number of hydrogen-bond donors (Lipinski definition) is 0. The second-order valence-electron chi connectivity index (χ2n) is 9.07. The number of benzene rings is 1. The lowest BCUT2D eigenvalue weighted by Crippen LogP contribution is -2.43. The first kappa shape index (κ1) is 23.6. The Balaban J connectivity index is 1.75. The smallest absolute Gasteiger partial charge is 0.338 e. The quantitative estimate of drug-likeness (QED) is 0.555. The number of allylic oxidation sites excluding steroid dienone is 1. The van der Waals surface area contributed by atoms with Crippen molar-refractivity contribution in [2.45, 2.75) is 71.9 Å². The number of nitrogens with zero attached hydrogens (tertiary/aromatic N) is 3. The molecule has 1 saturated heterocycles. The topological polar surface area (TPSA) is 62.2 Å². The van der Waals surface area contributed by atoms with Gasteiger partial charge in [-0.15, -0.1) is 0 Å². The molecule has 6 nitrogen and oxygen atoms in total. The Kier molecular flexibility index (Phi) is 6.98. The number of methoxy groups -OCH3 is 1. The van der Waals surface area contributed by atoms with Crippen molar-refractivity contribution in [2.75, 3.05) is 13.7 Å². The number of piperidine rings is 1. The molecule has 0 aliphatic carbocycles. The number of aryl methyl sites for hydroxylation is 2. The summed E-state index contributed by atoms with van der Waals surface area (Å²) in [6, 6.07) is 6.19. The summed E-state index contributed by atoms with van der Waals surface area (Å²) in [5.74, 6) is -0.230. The minimum atomic E-state index is -0.369. The highest BCUT2D eigenvalue weighted by molar-refractivity contribution is 8.16. The Hall–Kier alpha value is -2.54. The first-order chi connectivity index (χ1) is 15.8. The van der Waals surface area contributed by atoms with Crippen molar-refractivity contribution in [3.63, 3.8) is 0 Å². The molecule has 3 aliphatic rings. The van der Waals surface area contributed by atoms with Gasteiger partial charge in [0, 0.05) is 18.3 Å². The van der Waals surface area contributed by atoms with E-state index in [9.17, 15) is 9.59 Å². The van der Waals surface area contributed by atoms with Crippen LogP contribution in [-0.2, 0) is 14.3 Å². The van der Waals surface area contributed by atoms with Gasteiger partial charge in [0.05, 0.1) is 30.8 Å². The van der Waals surface area contributed by atoms with Gasteiger partial charge in [-0.3, -0.25) is 4.79 Å². The van der Waals surface area contributed by atoms with Crippen LogP contribution < -0.4 is 0 Å². The second kappa shape index (κ2) is 9.75. The van der Waals surface area contributed by atoms with Crippen molar-refractivity contribution < 1.29 is 14.3 Å². The van der Waals surface area contributed by atoms with E-state index >= 15 is 0 Å². The van der Waals surface area contributed by atoms with Crippen molar-refractivity contribution >= 4 is 28.8 Å². The van der Waals surface area contributed by atoms with Gasteiger partial charge in [-0.05, 0) is 63.0 Å². The minimum absolute atomic E-state index is 0.138. The molecule has 2 atom stereocenters. The largest absolute Gasteiger partial charge is 0.466 e. The second-order valence-corrected chi connectivity index (χ2v) is 9.90. The Bertz CT molecular complexity index is 1060. The lowest BCUT2D eigenvalue weighted by Gasteiger charge is -2.38. The fourth-order valence-electron chi connectivity index (χ4n) is 5.06. The number of carbonyl (C=O) groups is 2. The molecule has 2 unspecified atom stereocenters. The lowest BCUT2D eigenvalue weighted by atomic mass is 9.89. The average molecular weight is 468 g/mol. The van der Waals surface area contributed by atoms with Gasteiger partial charge in [0.25, 0.3) is 0 Å². The maximum Gasteiger partial charge on any atom is 0.338 e. The Morgan fingerprint density at radius 1 is 1.24 bits per heavy atom. The predicted molar refractivity (Wildman–Crippen MR) is 133 cm³/mol. The van der Waals surface area contributed by atoms with Gasteiger partial charge in [0.1, 0.15) is 0 Å². The standard InChI is InChI=1S/C26H33N3O3S/c1-6-21-23(25(31)32-5)24(20-11-10-16(2)13-17(20)3)29-19(15-33-26(29)27-21)14-22(30)28-12-8-7-9-18(28)4/h10-11,13,15,18,24H,6-9,12,14H2,1-5H3. The fraction of sp³-hybridized carbons (Fsp3) is 0.500. The molecule has 0 spiro atoms. The van der Waals surface area contributed by atoms with Gasteiger partial charge in [0.15, 0.2) is 5.17 Å². The third-order valence-electron chi connectivity index (χ3n) is 6.80.